The van der Waals surface area contributed by atoms with Crippen LogP contribution in [0.3, 0.4) is 0 Å². The predicted octanol–water partition coefficient (Wildman–Crippen LogP) is 5.42. The Balaban J connectivity index is 2.10. The number of thiocarbonyl (C=S) groups is 1. The van der Waals surface area contributed by atoms with Gasteiger partial charge in [-0.05, 0) is 54.4 Å². The van der Waals surface area contributed by atoms with Crippen molar-refractivity contribution < 1.29 is 4.74 Å². The van der Waals surface area contributed by atoms with E-state index in [4.69, 9.17) is 28.6 Å². The highest BCUT2D eigenvalue weighted by Gasteiger charge is 2.15. The molecule has 2 rings (SSSR count). The van der Waals surface area contributed by atoms with Crippen LogP contribution in [-0.4, -0.2) is 12.2 Å². The van der Waals surface area contributed by atoms with Crippen LogP contribution in [0.15, 0.2) is 48.5 Å². The zero-order valence-corrected chi connectivity index (χ0v) is 15.7. The molecule has 1 unspecified atom stereocenters. The van der Waals surface area contributed by atoms with E-state index in [1.165, 1.54) is 5.56 Å². The lowest BCUT2D eigenvalue weighted by Gasteiger charge is -2.23. The van der Waals surface area contributed by atoms with E-state index in [1.807, 2.05) is 36.4 Å². The SMILES string of the molecule is COc1ccc(C(CC(C)C)NC(=S)Nc2ccccc2Cl)cc1. The van der Waals surface area contributed by atoms with Crippen molar-refractivity contribution in [2.75, 3.05) is 12.4 Å². The van der Waals surface area contributed by atoms with Crippen molar-refractivity contribution in [3.63, 3.8) is 0 Å². The Morgan fingerprint density at radius 1 is 1.12 bits per heavy atom. The minimum Gasteiger partial charge on any atom is -0.497 e. The topological polar surface area (TPSA) is 33.3 Å². The van der Waals surface area contributed by atoms with Crippen molar-refractivity contribution >= 4 is 34.6 Å². The highest BCUT2D eigenvalue weighted by atomic mass is 35.5. The summed E-state index contributed by atoms with van der Waals surface area (Å²) in [6.07, 6.45) is 0.969. The zero-order chi connectivity index (χ0) is 17.5. The van der Waals surface area contributed by atoms with E-state index in [1.54, 1.807) is 7.11 Å². The first-order chi connectivity index (χ1) is 11.5. The van der Waals surface area contributed by atoms with Crippen molar-refractivity contribution in [2.24, 2.45) is 5.92 Å². The fraction of sp³-hybridized carbons (Fsp3) is 0.316. The van der Waals surface area contributed by atoms with Gasteiger partial charge in [0.15, 0.2) is 5.11 Å². The average molecular weight is 363 g/mol. The Morgan fingerprint density at radius 3 is 2.38 bits per heavy atom. The van der Waals surface area contributed by atoms with Gasteiger partial charge in [0.1, 0.15) is 5.75 Å². The molecule has 0 aliphatic rings. The summed E-state index contributed by atoms with van der Waals surface area (Å²) in [5.74, 6) is 1.38. The first-order valence-electron chi connectivity index (χ1n) is 7.95. The number of hydrogen-bond donors (Lipinski definition) is 2. The van der Waals surface area contributed by atoms with Crippen LogP contribution in [0.2, 0.25) is 5.02 Å². The molecule has 2 aromatic carbocycles. The second-order valence-corrected chi connectivity index (χ2v) is 6.85. The summed E-state index contributed by atoms with van der Waals surface area (Å²) in [7, 11) is 1.67. The number of benzene rings is 2. The number of hydrogen-bond acceptors (Lipinski definition) is 2. The molecule has 0 bridgehead atoms. The van der Waals surface area contributed by atoms with Crippen molar-refractivity contribution in [3.8, 4) is 5.75 Å². The van der Waals surface area contributed by atoms with Crippen molar-refractivity contribution in [2.45, 2.75) is 26.3 Å². The molecule has 0 radical (unpaired) electrons. The zero-order valence-electron chi connectivity index (χ0n) is 14.2. The molecule has 1 atom stereocenters. The second kappa shape index (κ2) is 8.90. The van der Waals surface area contributed by atoms with E-state index in [-0.39, 0.29) is 6.04 Å². The molecule has 0 fully saturated rings. The molecule has 0 saturated heterocycles. The minimum absolute atomic E-state index is 0.124. The van der Waals surface area contributed by atoms with Gasteiger partial charge in [0, 0.05) is 0 Å². The van der Waals surface area contributed by atoms with Crippen LogP contribution in [0, 0.1) is 5.92 Å². The number of para-hydroxylation sites is 1. The van der Waals surface area contributed by atoms with Gasteiger partial charge in [-0.1, -0.05) is 49.7 Å². The van der Waals surface area contributed by atoms with Gasteiger partial charge in [0.25, 0.3) is 0 Å². The van der Waals surface area contributed by atoms with Gasteiger partial charge in [-0.3, -0.25) is 0 Å². The maximum atomic E-state index is 6.18. The van der Waals surface area contributed by atoms with Crippen molar-refractivity contribution in [1.29, 1.82) is 0 Å². The average Bonchev–Trinajstić information content (AvgIpc) is 2.56. The van der Waals surface area contributed by atoms with Crippen LogP contribution in [0.4, 0.5) is 5.69 Å². The summed E-state index contributed by atoms with van der Waals surface area (Å²) in [5.41, 5.74) is 1.97. The van der Waals surface area contributed by atoms with Crippen LogP contribution in [0.1, 0.15) is 31.9 Å². The third-order valence-corrected chi connectivity index (χ3v) is 4.20. The quantitative estimate of drug-likeness (QED) is 0.672. The van der Waals surface area contributed by atoms with Crippen LogP contribution in [-0.2, 0) is 0 Å². The van der Waals surface area contributed by atoms with Crippen molar-refractivity contribution in [1.82, 2.24) is 5.32 Å². The smallest absolute Gasteiger partial charge is 0.171 e. The molecule has 0 aliphatic heterocycles. The summed E-state index contributed by atoms with van der Waals surface area (Å²) in [4.78, 5) is 0. The van der Waals surface area contributed by atoms with Crippen LogP contribution >= 0.6 is 23.8 Å². The van der Waals surface area contributed by atoms with Gasteiger partial charge in [-0.2, -0.15) is 0 Å². The Morgan fingerprint density at radius 2 is 1.79 bits per heavy atom. The van der Waals surface area contributed by atoms with E-state index in [0.29, 0.717) is 16.1 Å². The second-order valence-electron chi connectivity index (χ2n) is 6.03. The number of anilines is 1. The summed E-state index contributed by atoms with van der Waals surface area (Å²) >= 11 is 11.6. The third kappa shape index (κ3) is 5.39. The summed E-state index contributed by atoms with van der Waals surface area (Å²) in [5, 5.41) is 7.77. The molecule has 0 spiro atoms. The molecule has 0 amide bonds. The number of methoxy groups -OCH3 is 1. The normalized spacial score (nSPS) is 11.9. The molecule has 0 aliphatic carbocycles. The first-order valence-corrected chi connectivity index (χ1v) is 8.74. The molecule has 5 heteroatoms. The maximum Gasteiger partial charge on any atom is 0.171 e. The molecule has 2 aromatic rings. The lowest BCUT2D eigenvalue weighted by atomic mass is 9.97. The first kappa shape index (κ1) is 18.6. The standard InChI is InChI=1S/C19H23ClN2OS/c1-13(2)12-18(14-8-10-15(23-3)11-9-14)22-19(24)21-17-7-5-4-6-16(17)20/h4-11,13,18H,12H2,1-3H3,(H2,21,22,24). The number of halogens is 1. The van der Waals surface area contributed by atoms with Crippen LogP contribution in [0.25, 0.3) is 0 Å². The number of ether oxygens (including phenoxy) is 1. The molecule has 24 heavy (non-hydrogen) atoms. The monoisotopic (exact) mass is 362 g/mol. The van der Waals surface area contributed by atoms with Gasteiger partial charge in [0.05, 0.1) is 23.9 Å². The molecular weight excluding hydrogens is 340 g/mol. The van der Waals surface area contributed by atoms with Gasteiger partial charge >= 0.3 is 0 Å². The summed E-state index contributed by atoms with van der Waals surface area (Å²) in [6, 6.07) is 15.7. The summed E-state index contributed by atoms with van der Waals surface area (Å²) in [6.45, 7) is 4.39. The number of nitrogens with one attached hydrogen (secondary N) is 2. The van der Waals surface area contributed by atoms with Crippen molar-refractivity contribution in [3.05, 3.63) is 59.1 Å². The Labute approximate surface area is 154 Å². The van der Waals surface area contributed by atoms with Crippen LogP contribution in [0.5, 0.6) is 5.75 Å². The Kier molecular flexibility index (Phi) is 6.88. The van der Waals surface area contributed by atoms with Gasteiger partial charge in [-0.15, -0.1) is 0 Å². The van der Waals surface area contributed by atoms with E-state index in [0.717, 1.165) is 17.9 Å². The molecule has 0 saturated carbocycles. The molecule has 0 aromatic heterocycles. The highest BCUT2D eigenvalue weighted by molar-refractivity contribution is 7.80. The van der Waals surface area contributed by atoms with Crippen LogP contribution < -0.4 is 15.4 Å². The number of rotatable bonds is 6. The maximum absolute atomic E-state index is 6.18. The van der Waals surface area contributed by atoms with Gasteiger partial charge in [0.2, 0.25) is 0 Å². The fourth-order valence-corrected chi connectivity index (χ4v) is 2.90. The largest absolute Gasteiger partial charge is 0.497 e. The highest BCUT2D eigenvalue weighted by Crippen LogP contribution is 2.25. The Hall–Kier alpha value is -1.78. The van der Waals surface area contributed by atoms with E-state index in [9.17, 15) is 0 Å². The molecule has 3 nitrogen and oxygen atoms in total. The Bertz CT molecular complexity index is 673. The van der Waals surface area contributed by atoms with Gasteiger partial charge in [-0.25, -0.2) is 0 Å². The third-order valence-electron chi connectivity index (χ3n) is 3.65. The minimum atomic E-state index is 0.124. The molecule has 0 heterocycles. The fourth-order valence-electron chi connectivity index (χ4n) is 2.47. The molecule has 2 N–H and O–H groups in total. The van der Waals surface area contributed by atoms with Gasteiger partial charge < -0.3 is 15.4 Å². The molecule has 128 valence electrons. The molecular formula is C19H23ClN2OS. The lowest BCUT2D eigenvalue weighted by Crippen LogP contribution is -2.33. The lowest BCUT2D eigenvalue weighted by molar-refractivity contribution is 0.414. The van der Waals surface area contributed by atoms with E-state index in [2.05, 4.69) is 36.6 Å². The predicted molar refractivity (Wildman–Crippen MR) is 106 cm³/mol. The summed E-state index contributed by atoms with van der Waals surface area (Å²) < 4.78 is 5.23. The van der Waals surface area contributed by atoms with E-state index >= 15 is 0 Å². The van der Waals surface area contributed by atoms with E-state index < -0.39 is 0 Å².